The van der Waals surface area contributed by atoms with Crippen LogP contribution in [-0.4, -0.2) is 65.9 Å². The van der Waals surface area contributed by atoms with Gasteiger partial charge in [-0.05, 0) is 69.4 Å². The Morgan fingerprint density at radius 2 is 2.03 bits per heavy atom. The van der Waals surface area contributed by atoms with Crippen LogP contribution in [0.15, 0.2) is 48.3 Å². The van der Waals surface area contributed by atoms with Crippen molar-refractivity contribution in [3.63, 3.8) is 0 Å². The van der Waals surface area contributed by atoms with Gasteiger partial charge in [0, 0.05) is 24.5 Å². The summed E-state index contributed by atoms with van der Waals surface area (Å²) in [6.45, 7) is 3.04. The second kappa shape index (κ2) is 9.09. The van der Waals surface area contributed by atoms with Gasteiger partial charge in [-0.25, -0.2) is 0 Å². The minimum absolute atomic E-state index is 0.0856. The van der Waals surface area contributed by atoms with Crippen LogP contribution >= 0.6 is 0 Å². The molecule has 1 amide bonds. The Morgan fingerprint density at radius 3 is 2.63 bits per heavy atom. The van der Waals surface area contributed by atoms with E-state index in [9.17, 15) is 14.7 Å². The highest BCUT2D eigenvalue weighted by molar-refractivity contribution is 6.46. The van der Waals surface area contributed by atoms with Crippen molar-refractivity contribution in [2.75, 3.05) is 34.3 Å². The van der Waals surface area contributed by atoms with E-state index in [1.54, 1.807) is 43.8 Å². The first-order valence-corrected chi connectivity index (χ1v) is 9.83. The number of aromatic nitrogens is 1. The molecule has 1 unspecified atom stereocenters. The summed E-state index contributed by atoms with van der Waals surface area (Å²) in [5.41, 5.74) is 2.06. The molecule has 7 heteroatoms. The molecular weight excluding hydrogens is 382 g/mol. The standard InChI is InChI=1S/C23H27N3O4/c1-15-13-16(8-9-18(15)30-4)21(27)19-20(17-7-5-10-24-14-17)26(23(29)22(19)28)12-6-11-25(2)3/h5,7-10,13-14,20,27H,6,11-12H2,1-4H3. The number of methoxy groups -OCH3 is 1. The minimum atomic E-state index is -0.681. The zero-order chi connectivity index (χ0) is 21.8. The topological polar surface area (TPSA) is 83.0 Å². The number of ketones is 1. The Balaban J connectivity index is 2.08. The lowest BCUT2D eigenvalue weighted by molar-refractivity contribution is -0.139. The van der Waals surface area contributed by atoms with Gasteiger partial charge in [0.05, 0.1) is 18.7 Å². The number of aliphatic hydroxyl groups excluding tert-OH is 1. The van der Waals surface area contributed by atoms with E-state index < -0.39 is 17.7 Å². The number of carbonyl (C=O) groups is 2. The molecule has 0 radical (unpaired) electrons. The van der Waals surface area contributed by atoms with Gasteiger partial charge in [0.1, 0.15) is 11.5 Å². The molecule has 0 aliphatic carbocycles. The lowest BCUT2D eigenvalue weighted by Crippen LogP contribution is -2.32. The van der Waals surface area contributed by atoms with E-state index >= 15 is 0 Å². The predicted octanol–water partition coefficient (Wildman–Crippen LogP) is 2.77. The number of rotatable bonds is 7. The quantitative estimate of drug-likeness (QED) is 0.430. The smallest absolute Gasteiger partial charge is 0.295 e. The molecule has 0 saturated carbocycles. The lowest BCUT2D eigenvalue weighted by atomic mass is 9.95. The first-order chi connectivity index (χ1) is 14.3. The number of pyridine rings is 1. The lowest BCUT2D eigenvalue weighted by Gasteiger charge is -2.25. The maximum atomic E-state index is 13.0. The Morgan fingerprint density at radius 1 is 1.27 bits per heavy atom. The molecule has 1 saturated heterocycles. The molecule has 3 rings (SSSR count). The molecule has 30 heavy (non-hydrogen) atoms. The normalized spacial score (nSPS) is 18.3. The van der Waals surface area contributed by atoms with Gasteiger partial charge in [-0.2, -0.15) is 0 Å². The molecule has 0 spiro atoms. The van der Waals surface area contributed by atoms with Crippen molar-refractivity contribution in [2.24, 2.45) is 0 Å². The fourth-order valence-electron chi connectivity index (χ4n) is 3.73. The SMILES string of the molecule is COc1ccc(C(O)=C2C(=O)C(=O)N(CCCN(C)C)C2c2cccnc2)cc1C. The largest absolute Gasteiger partial charge is 0.507 e. The van der Waals surface area contributed by atoms with Crippen molar-refractivity contribution in [3.05, 3.63) is 65.0 Å². The Kier molecular flexibility index (Phi) is 6.52. The molecule has 1 aromatic carbocycles. The first kappa shape index (κ1) is 21.5. The van der Waals surface area contributed by atoms with E-state index in [0.29, 0.717) is 29.8 Å². The minimum Gasteiger partial charge on any atom is -0.507 e. The van der Waals surface area contributed by atoms with Crippen LogP contribution in [0.25, 0.3) is 5.76 Å². The van der Waals surface area contributed by atoms with Crippen molar-refractivity contribution >= 4 is 17.4 Å². The number of aryl methyl sites for hydroxylation is 1. The number of amides is 1. The van der Waals surface area contributed by atoms with Crippen molar-refractivity contribution < 1.29 is 19.4 Å². The van der Waals surface area contributed by atoms with Gasteiger partial charge < -0.3 is 19.6 Å². The van der Waals surface area contributed by atoms with Crippen LogP contribution in [0.3, 0.4) is 0 Å². The summed E-state index contributed by atoms with van der Waals surface area (Å²) in [5.74, 6) is -0.795. The van der Waals surface area contributed by atoms with Crippen LogP contribution in [0.2, 0.25) is 0 Å². The first-order valence-electron chi connectivity index (χ1n) is 9.83. The summed E-state index contributed by atoms with van der Waals surface area (Å²) >= 11 is 0. The van der Waals surface area contributed by atoms with Crippen LogP contribution in [0, 0.1) is 6.92 Å². The highest BCUT2D eigenvalue weighted by Gasteiger charge is 2.45. The molecule has 158 valence electrons. The molecule has 1 aromatic heterocycles. The van der Waals surface area contributed by atoms with Gasteiger partial charge >= 0.3 is 0 Å². The van der Waals surface area contributed by atoms with Gasteiger partial charge in [-0.15, -0.1) is 0 Å². The Hall–Kier alpha value is -3.19. The molecule has 7 nitrogen and oxygen atoms in total. The molecule has 2 aromatic rings. The third-order valence-corrected chi connectivity index (χ3v) is 5.21. The van der Waals surface area contributed by atoms with E-state index in [4.69, 9.17) is 4.74 Å². The van der Waals surface area contributed by atoms with E-state index in [1.807, 2.05) is 32.0 Å². The molecular formula is C23H27N3O4. The van der Waals surface area contributed by atoms with Crippen LogP contribution in [-0.2, 0) is 9.59 Å². The molecule has 1 N–H and O–H groups in total. The summed E-state index contributed by atoms with van der Waals surface area (Å²) < 4.78 is 5.28. The highest BCUT2D eigenvalue weighted by atomic mass is 16.5. The van der Waals surface area contributed by atoms with Gasteiger partial charge in [-0.1, -0.05) is 6.07 Å². The van der Waals surface area contributed by atoms with Crippen LogP contribution in [0.4, 0.5) is 0 Å². The molecule has 1 fully saturated rings. The van der Waals surface area contributed by atoms with Crippen LogP contribution in [0.5, 0.6) is 5.75 Å². The number of nitrogens with zero attached hydrogens (tertiary/aromatic N) is 3. The average molecular weight is 409 g/mol. The van der Waals surface area contributed by atoms with E-state index in [-0.39, 0.29) is 11.3 Å². The third-order valence-electron chi connectivity index (χ3n) is 5.21. The van der Waals surface area contributed by atoms with E-state index in [2.05, 4.69) is 4.98 Å². The van der Waals surface area contributed by atoms with Crippen molar-refractivity contribution in [3.8, 4) is 5.75 Å². The maximum absolute atomic E-state index is 13.0. The molecule has 1 atom stereocenters. The summed E-state index contributed by atoms with van der Waals surface area (Å²) in [5, 5.41) is 11.1. The van der Waals surface area contributed by atoms with Crippen LogP contribution < -0.4 is 4.74 Å². The second-order valence-corrected chi connectivity index (χ2v) is 7.62. The van der Waals surface area contributed by atoms with Crippen molar-refractivity contribution in [2.45, 2.75) is 19.4 Å². The third kappa shape index (κ3) is 4.21. The predicted molar refractivity (Wildman–Crippen MR) is 114 cm³/mol. The zero-order valence-corrected chi connectivity index (χ0v) is 17.8. The number of carbonyl (C=O) groups excluding carboxylic acids is 2. The Bertz CT molecular complexity index is 970. The highest BCUT2D eigenvalue weighted by Crippen LogP contribution is 2.39. The van der Waals surface area contributed by atoms with Gasteiger partial charge in [0.2, 0.25) is 0 Å². The fraction of sp³-hybridized carbons (Fsp3) is 0.348. The monoisotopic (exact) mass is 409 g/mol. The summed E-state index contributed by atoms with van der Waals surface area (Å²) in [4.78, 5) is 33.5. The number of Topliss-reactive ketones (excluding diaryl/α,β-unsaturated/α-hetero) is 1. The number of benzene rings is 1. The van der Waals surface area contributed by atoms with Gasteiger partial charge in [0.15, 0.2) is 0 Å². The number of hydrogen-bond acceptors (Lipinski definition) is 6. The average Bonchev–Trinajstić information content (AvgIpc) is 2.98. The van der Waals surface area contributed by atoms with Gasteiger partial charge in [0.25, 0.3) is 11.7 Å². The fourth-order valence-corrected chi connectivity index (χ4v) is 3.73. The van der Waals surface area contributed by atoms with E-state index in [0.717, 1.165) is 12.1 Å². The number of hydrogen-bond donors (Lipinski definition) is 1. The summed E-state index contributed by atoms with van der Waals surface area (Å²) in [6, 6.07) is 8.05. The number of likely N-dealkylation sites (tertiary alicyclic amines) is 1. The van der Waals surface area contributed by atoms with Crippen molar-refractivity contribution in [1.29, 1.82) is 0 Å². The number of aliphatic hydroxyl groups is 1. The van der Waals surface area contributed by atoms with E-state index in [1.165, 1.54) is 4.90 Å². The Labute approximate surface area is 176 Å². The van der Waals surface area contributed by atoms with Gasteiger partial charge in [-0.3, -0.25) is 14.6 Å². The number of ether oxygens (including phenoxy) is 1. The molecule has 1 aliphatic heterocycles. The van der Waals surface area contributed by atoms with Crippen LogP contribution in [0.1, 0.15) is 29.2 Å². The summed E-state index contributed by atoms with van der Waals surface area (Å²) in [6.07, 6.45) is 3.97. The molecule has 0 bridgehead atoms. The summed E-state index contributed by atoms with van der Waals surface area (Å²) in [7, 11) is 5.49. The maximum Gasteiger partial charge on any atom is 0.295 e. The van der Waals surface area contributed by atoms with Crippen molar-refractivity contribution in [1.82, 2.24) is 14.8 Å². The molecule has 2 heterocycles. The zero-order valence-electron chi connectivity index (χ0n) is 17.8. The molecule has 1 aliphatic rings. The second-order valence-electron chi connectivity index (χ2n) is 7.62.